The highest BCUT2D eigenvalue weighted by atomic mass is 79.9. The fraction of sp³-hybridized carbons (Fsp3) is 0.208. The monoisotopic (exact) mass is 546 g/mol. The number of nitrogens with zero attached hydrogens (tertiary/aromatic N) is 2. The van der Waals surface area contributed by atoms with E-state index in [1.54, 1.807) is 32.1 Å². The lowest BCUT2D eigenvalue weighted by Gasteiger charge is -2.24. The Hall–Kier alpha value is -2.68. The number of halogens is 2. The Balaban J connectivity index is 1.98. The summed E-state index contributed by atoms with van der Waals surface area (Å²) in [6.07, 6.45) is 1.57. The molecule has 0 saturated carbocycles. The van der Waals surface area contributed by atoms with E-state index < -0.39 is 12.0 Å². The highest BCUT2D eigenvalue weighted by molar-refractivity contribution is 9.10. The number of aromatic hydroxyl groups is 1. The number of allylic oxidation sites excluding steroid dienone is 1. The molecular weight excluding hydrogens is 528 g/mol. The highest BCUT2D eigenvalue weighted by Crippen LogP contribution is 2.32. The van der Waals surface area contributed by atoms with E-state index >= 15 is 0 Å². The molecule has 2 aromatic carbocycles. The molecule has 1 atom stereocenters. The molecule has 9 heteroatoms. The molecule has 0 bridgehead atoms. The van der Waals surface area contributed by atoms with Crippen molar-refractivity contribution in [3.05, 3.63) is 93.5 Å². The van der Waals surface area contributed by atoms with Gasteiger partial charge < -0.3 is 9.84 Å². The highest BCUT2D eigenvalue weighted by Gasteiger charge is 2.33. The summed E-state index contributed by atoms with van der Waals surface area (Å²) in [5.74, 6) is -0.626. The molecule has 0 unspecified atom stereocenters. The van der Waals surface area contributed by atoms with Gasteiger partial charge in [-0.2, -0.15) is 0 Å². The minimum atomic E-state index is -0.678. The molecule has 2 heterocycles. The Bertz CT molecular complexity index is 1470. The lowest BCUT2D eigenvalue weighted by atomic mass is 9.95. The van der Waals surface area contributed by atoms with E-state index in [0.29, 0.717) is 30.6 Å². The number of aromatic nitrogens is 1. The minimum absolute atomic E-state index is 0.121. The van der Waals surface area contributed by atoms with E-state index in [4.69, 9.17) is 16.3 Å². The number of thiazole rings is 1. The summed E-state index contributed by atoms with van der Waals surface area (Å²) >= 11 is 10.6. The van der Waals surface area contributed by atoms with Gasteiger partial charge in [0.15, 0.2) is 4.80 Å². The molecule has 1 N–H and O–H groups in total. The first-order chi connectivity index (χ1) is 15.7. The Morgan fingerprint density at radius 2 is 2.00 bits per heavy atom. The van der Waals surface area contributed by atoms with Crippen LogP contribution in [0.1, 0.15) is 36.6 Å². The van der Waals surface area contributed by atoms with Crippen molar-refractivity contribution in [1.82, 2.24) is 4.57 Å². The maximum absolute atomic E-state index is 13.6. The van der Waals surface area contributed by atoms with E-state index in [1.807, 2.05) is 31.2 Å². The van der Waals surface area contributed by atoms with Crippen LogP contribution in [-0.4, -0.2) is 22.2 Å². The second kappa shape index (κ2) is 9.29. The predicted octanol–water partition coefficient (Wildman–Crippen LogP) is 4.23. The van der Waals surface area contributed by atoms with E-state index in [9.17, 15) is 14.7 Å². The zero-order chi connectivity index (χ0) is 23.9. The first-order valence-corrected chi connectivity index (χ1v) is 12.1. The first kappa shape index (κ1) is 23.5. The SMILES string of the molecule is CCOC(=O)C1=C(C)N=c2s/c(=C\c3cc(Br)cc(Cl)c3O)c(=O)n2[C@H]1c1ccc(C)cc1. The van der Waals surface area contributed by atoms with Crippen LogP contribution in [0.5, 0.6) is 5.75 Å². The maximum Gasteiger partial charge on any atom is 0.338 e. The molecule has 0 radical (unpaired) electrons. The van der Waals surface area contributed by atoms with E-state index in [0.717, 1.165) is 11.1 Å². The smallest absolute Gasteiger partial charge is 0.338 e. The molecule has 0 amide bonds. The van der Waals surface area contributed by atoms with E-state index in [1.165, 1.54) is 15.9 Å². The lowest BCUT2D eigenvalue weighted by molar-refractivity contribution is -0.139. The molecular formula is C24H20BrClN2O4S. The van der Waals surface area contributed by atoms with Crippen molar-refractivity contribution in [2.24, 2.45) is 4.99 Å². The molecule has 1 aliphatic rings. The third-order valence-corrected chi connectivity index (χ3v) is 6.98. The van der Waals surface area contributed by atoms with Crippen LogP contribution in [0.2, 0.25) is 5.02 Å². The van der Waals surface area contributed by atoms with Crippen molar-refractivity contribution < 1.29 is 14.6 Å². The molecule has 0 aliphatic carbocycles. The van der Waals surface area contributed by atoms with Crippen molar-refractivity contribution in [3.8, 4) is 5.75 Å². The second-order valence-electron chi connectivity index (χ2n) is 7.54. The number of phenols is 1. The molecule has 3 aromatic rings. The van der Waals surface area contributed by atoms with Crippen LogP contribution in [0.15, 0.2) is 61.9 Å². The minimum Gasteiger partial charge on any atom is -0.506 e. The topological polar surface area (TPSA) is 80.9 Å². The van der Waals surface area contributed by atoms with Gasteiger partial charge in [-0.15, -0.1) is 0 Å². The van der Waals surface area contributed by atoms with Gasteiger partial charge in [-0.05, 0) is 44.5 Å². The molecule has 6 nitrogen and oxygen atoms in total. The summed E-state index contributed by atoms with van der Waals surface area (Å²) < 4.78 is 7.83. The van der Waals surface area contributed by atoms with Crippen LogP contribution in [0.4, 0.5) is 0 Å². The maximum atomic E-state index is 13.6. The van der Waals surface area contributed by atoms with Crippen LogP contribution in [-0.2, 0) is 9.53 Å². The molecule has 1 aromatic heterocycles. The molecule has 0 saturated heterocycles. The van der Waals surface area contributed by atoms with Gasteiger partial charge in [-0.25, -0.2) is 9.79 Å². The van der Waals surface area contributed by atoms with Crippen molar-refractivity contribution in [2.45, 2.75) is 26.8 Å². The number of hydrogen-bond acceptors (Lipinski definition) is 6. The molecule has 0 fully saturated rings. The number of ether oxygens (including phenoxy) is 1. The van der Waals surface area contributed by atoms with Crippen molar-refractivity contribution in [3.63, 3.8) is 0 Å². The van der Waals surface area contributed by atoms with Crippen LogP contribution in [0.25, 0.3) is 6.08 Å². The molecule has 4 rings (SSSR count). The van der Waals surface area contributed by atoms with Gasteiger partial charge in [0.1, 0.15) is 5.75 Å². The molecule has 1 aliphatic heterocycles. The molecule has 33 heavy (non-hydrogen) atoms. The Morgan fingerprint density at radius 3 is 2.67 bits per heavy atom. The van der Waals surface area contributed by atoms with Gasteiger partial charge in [-0.3, -0.25) is 9.36 Å². The van der Waals surface area contributed by atoms with Gasteiger partial charge >= 0.3 is 5.97 Å². The third kappa shape index (κ3) is 4.43. The summed E-state index contributed by atoms with van der Waals surface area (Å²) in [6, 6.07) is 10.2. The largest absolute Gasteiger partial charge is 0.506 e. The standard InChI is InChI=1S/C24H20BrClN2O4S/c1-4-32-23(31)19-13(3)27-24-28(20(19)14-7-5-12(2)6-8-14)22(30)18(33-24)10-15-9-16(25)11-17(26)21(15)29/h5-11,20,29H,4H2,1-3H3/b18-10-/t20-/m0/s1. The number of esters is 1. The molecule has 170 valence electrons. The average molecular weight is 548 g/mol. The number of benzene rings is 2. The van der Waals surface area contributed by atoms with Crippen molar-refractivity contribution >= 4 is 50.9 Å². The van der Waals surface area contributed by atoms with Gasteiger partial charge in [0, 0.05) is 10.0 Å². The van der Waals surface area contributed by atoms with Crippen molar-refractivity contribution in [1.29, 1.82) is 0 Å². The summed E-state index contributed by atoms with van der Waals surface area (Å²) in [5.41, 5.74) is 2.74. The van der Waals surface area contributed by atoms with Gasteiger partial charge in [0.05, 0.1) is 33.5 Å². The van der Waals surface area contributed by atoms with E-state index in [-0.39, 0.29) is 22.9 Å². The number of phenolic OH excluding ortho intramolecular Hbond substituents is 1. The quantitative estimate of drug-likeness (QED) is 0.496. The zero-order valence-electron chi connectivity index (χ0n) is 18.1. The van der Waals surface area contributed by atoms with Gasteiger partial charge in [-0.1, -0.05) is 68.7 Å². The Morgan fingerprint density at radius 1 is 1.30 bits per heavy atom. The van der Waals surface area contributed by atoms with Crippen LogP contribution in [0.3, 0.4) is 0 Å². The van der Waals surface area contributed by atoms with Crippen LogP contribution < -0.4 is 14.9 Å². The summed E-state index contributed by atoms with van der Waals surface area (Å²) in [7, 11) is 0. The average Bonchev–Trinajstić information content (AvgIpc) is 3.06. The number of carbonyl (C=O) groups is 1. The third-order valence-electron chi connectivity index (χ3n) is 5.25. The number of rotatable bonds is 4. The number of carbonyl (C=O) groups excluding carboxylic acids is 1. The number of aryl methyl sites for hydroxylation is 1. The van der Waals surface area contributed by atoms with Crippen LogP contribution in [0, 0.1) is 6.92 Å². The predicted molar refractivity (Wildman–Crippen MR) is 132 cm³/mol. The number of fused-ring (bicyclic) bond motifs is 1. The number of hydrogen-bond donors (Lipinski definition) is 1. The summed E-state index contributed by atoms with van der Waals surface area (Å²) in [4.78, 5) is 31.5. The fourth-order valence-electron chi connectivity index (χ4n) is 3.69. The second-order valence-corrected chi connectivity index (χ2v) is 9.87. The summed E-state index contributed by atoms with van der Waals surface area (Å²) in [6.45, 7) is 5.66. The normalized spacial score (nSPS) is 15.9. The summed E-state index contributed by atoms with van der Waals surface area (Å²) in [5, 5.41) is 10.5. The zero-order valence-corrected chi connectivity index (χ0v) is 21.2. The Kier molecular flexibility index (Phi) is 6.61. The molecule has 0 spiro atoms. The first-order valence-electron chi connectivity index (χ1n) is 10.2. The van der Waals surface area contributed by atoms with Crippen molar-refractivity contribution in [2.75, 3.05) is 6.61 Å². The van der Waals surface area contributed by atoms with Gasteiger partial charge in [0.25, 0.3) is 5.56 Å². The van der Waals surface area contributed by atoms with Crippen LogP contribution >= 0.6 is 38.9 Å². The lowest BCUT2D eigenvalue weighted by Crippen LogP contribution is -2.39. The van der Waals surface area contributed by atoms with E-state index in [2.05, 4.69) is 20.9 Å². The van der Waals surface area contributed by atoms with Gasteiger partial charge in [0.2, 0.25) is 0 Å². The fourth-order valence-corrected chi connectivity index (χ4v) is 5.56. The Labute approximate surface area is 207 Å².